The van der Waals surface area contributed by atoms with Crippen molar-refractivity contribution in [3.63, 3.8) is 0 Å². The monoisotopic (exact) mass is 524 g/mol. The van der Waals surface area contributed by atoms with E-state index in [-0.39, 0.29) is 17.7 Å². The molecule has 4 aliphatic rings. The largest absolute Gasteiger partial charge is 0.465 e. The Balaban J connectivity index is 1.46. The lowest BCUT2D eigenvalue weighted by Gasteiger charge is -2.36. The molecule has 38 heavy (non-hydrogen) atoms. The summed E-state index contributed by atoms with van der Waals surface area (Å²) in [6.45, 7) is 6.79. The lowest BCUT2D eigenvalue weighted by atomic mass is 9.80. The smallest absolute Gasteiger partial charge is 0.410 e. The van der Waals surface area contributed by atoms with Gasteiger partial charge in [0.1, 0.15) is 5.52 Å². The minimum absolute atomic E-state index is 0.0378. The molecule has 4 fully saturated rings. The minimum atomic E-state index is -1.31. The molecule has 11 nitrogen and oxygen atoms in total. The van der Waals surface area contributed by atoms with Gasteiger partial charge in [-0.1, -0.05) is 26.2 Å². The predicted molar refractivity (Wildman–Crippen MR) is 145 cm³/mol. The number of morpholine rings is 1. The molecule has 2 unspecified atom stereocenters. The van der Waals surface area contributed by atoms with E-state index >= 15 is 0 Å². The minimum Gasteiger partial charge on any atom is -0.465 e. The van der Waals surface area contributed by atoms with E-state index < -0.39 is 6.09 Å². The number of nitrogens with one attached hydrogen (secondary N) is 3. The molecular weight excluding hydrogens is 484 g/mol. The van der Waals surface area contributed by atoms with E-state index in [0.29, 0.717) is 48.6 Å². The zero-order chi connectivity index (χ0) is 26.4. The molecule has 1 amide bonds. The number of amides is 1. The second-order valence-electron chi connectivity index (χ2n) is 12.0. The second-order valence-corrected chi connectivity index (χ2v) is 12.0. The van der Waals surface area contributed by atoms with Crippen LogP contribution in [0.5, 0.6) is 0 Å². The average molecular weight is 525 g/mol. The second kappa shape index (κ2) is 10.3. The summed E-state index contributed by atoms with van der Waals surface area (Å²) in [6, 6.07) is 0.791. The Morgan fingerprint density at radius 2 is 1.79 bits per heavy atom. The zero-order valence-corrected chi connectivity index (χ0v) is 22.4. The van der Waals surface area contributed by atoms with Gasteiger partial charge in [0.2, 0.25) is 5.95 Å². The Labute approximate surface area is 223 Å². The summed E-state index contributed by atoms with van der Waals surface area (Å²) in [5.41, 5.74) is 1.38. The maximum Gasteiger partial charge on any atom is 0.410 e. The van der Waals surface area contributed by atoms with Gasteiger partial charge in [-0.05, 0) is 63.2 Å². The molecule has 6 rings (SSSR count). The van der Waals surface area contributed by atoms with Crippen LogP contribution >= 0.6 is 0 Å². The highest BCUT2D eigenvalue weighted by molar-refractivity contribution is 6.03. The van der Waals surface area contributed by atoms with Gasteiger partial charge in [0.25, 0.3) is 0 Å². The van der Waals surface area contributed by atoms with Gasteiger partial charge in [-0.25, -0.2) is 14.8 Å². The molecule has 0 radical (unpaired) electrons. The topological polar surface area (TPSA) is 141 Å². The van der Waals surface area contributed by atoms with Crippen LogP contribution in [0.2, 0.25) is 0 Å². The van der Waals surface area contributed by atoms with Gasteiger partial charge in [-0.2, -0.15) is 4.98 Å². The number of hydrogen-bond acceptors (Lipinski definition) is 8. The fourth-order valence-electron chi connectivity index (χ4n) is 6.77. The number of ether oxygens (including phenoxy) is 1. The third-order valence-electron chi connectivity index (χ3n) is 9.31. The molecule has 2 aliphatic heterocycles. The lowest BCUT2D eigenvalue weighted by molar-refractivity contribution is 0.0892. The molecular formula is C27H40N8O3. The van der Waals surface area contributed by atoms with Crippen molar-refractivity contribution in [1.82, 2.24) is 24.8 Å². The van der Waals surface area contributed by atoms with Gasteiger partial charge in [-0.15, -0.1) is 0 Å². The van der Waals surface area contributed by atoms with Gasteiger partial charge >= 0.3 is 6.09 Å². The van der Waals surface area contributed by atoms with Crippen LogP contribution in [0.4, 0.5) is 16.6 Å². The van der Waals surface area contributed by atoms with Gasteiger partial charge in [0, 0.05) is 12.6 Å². The van der Waals surface area contributed by atoms with Crippen LogP contribution < -0.4 is 15.5 Å². The molecule has 2 aliphatic carbocycles. The molecule has 4 N–H and O–H groups in total. The molecule has 2 aromatic rings. The highest BCUT2D eigenvalue weighted by Gasteiger charge is 2.41. The van der Waals surface area contributed by atoms with Gasteiger partial charge in [0.15, 0.2) is 23.1 Å². The Bertz CT molecular complexity index is 1190. The quantitative estimate of drug-likeness (QED) is 0.312. The Kier molecular flexibility index (Phi) is 6.88. The highest BCUT2D eigenvalue weighted by Crippen LogP contribution is 2.39. The number of amidine groups is 1. The normalized spacial score (nSPS) is 28.2. The van der Waals surface area contributed by atoms with E-state index in [9.17, 15) is 9.90 Å². The SMILES string of the molecule is C[C@@H](Nc1nc(C(=N)NC(=O)O)nc2nc(N3C4CCC3COC4)n(C[C@H]3CC[C@H](C)CC3)c12)C1CCC1. The Morgan fingerprint density at radius 3 is 2.42 bits per heavy atom. The first-order chi connectivity index (χ1) is 18.4. The van der Waals surface area contributed by atoms with Crippen molar-refractivity contribution in [2.75, 3.05) is 23.4 Å². The number of anilines is 2. The van der Waals surface area contributed by atoms with Crippen molar-refractivity contribution >= 4 is 34.9 Å². The summed E-state index contributed by atoms with van der Waals surface area (Å²) in [4.78, 5) is 28.2. The van der Waals surface area contributed by atoms with E-state index in [0.717, 1.165) is 36.8 Å². The number of carbonyl (C=O) groups is 1. The predicted octanol–water partition coefficient (Wildman–Crippen LogP) is 4.21. The average Bonchev–Trinajstić information content (AvgIpc) is 3.31. The van der Waals surface area contributed by atoms with Crippen LogP contribution in [0.1, 0.15) is 77.5 Å². The van der Waals surface area contributed by atoms with Gasteiger partial charge in [0.05, 0.1) is 25.3 Å². The highest BCUT2D eigenvalue weighted by atomic mass is 16.5. The van der Waals surface area contributed by atoms with Crippen LogP contribution in [0.15, 0.2) is 0 Å². The molecule has 3 atom stereocenters. The van der Waals surface area contributed by atoms with Crippen LogP contribution in [-0.4, -0.2) is 67.9 Å². The number of rotatable bonds is 7. The van der Waals surface area contributed by atoms with Crippen molar-refractivity contribution in [2.24, 2.45) is 17.8 Å². The lowest BCUT2D eigenvalue weighted by Crippen LogP contribution is -2.47. The molecule has 206 valence electrons. The Hall–Kier alpha value is -2.95. The molecule has 2 bridgehead atoms. The van der Waals surface area contributed by atoms with Crippen molar-refractivity contribution in [3.05, 3.63) is 5.82 Å². The summed E-state index contributed by atoms with van der Waals surface area (Å²) < 4.78 is 8.22. The molecule has 0 spiro atoms. The number of carboxylic acid groups (broad SMARTS) is 1. The van der Waals surface area contributed by atoms with E-state index in [1.54, 1.807) is 0 Å². The number of fused-ring (bicyclic) bond motifs is 3. The third-order valence-corrected chi connectivity index (χ3v) is 9.31. The van der Waals surface area contributed by atoms with Crippen LogP contribution in [-0.2, 0) is 11.3 Å². The molecule has 4 heterocycles. The van der Waals surface area contributed by atoms with E-state index in [4.69, 9.17) is 20.1 Å². The van der Waals surface area contributed by atoms with E-state index in [1.807, 2.05) is 0 Å². The number of aromatic nitrogens is 4. The van der Waals surface area contributed by atoms with Crippen LogP contribution in [0, 0.1) is 23.2 Å². The van der Waals surface area contributed by atoms with Gasteiger partial charge < -0.3 is 24.6 Å². The first-order valence-electron chi connectivity index (χ1n) is 14.4. The van der Waals surface area contributed by atoms with Crippen molar-refractivity contribution in [3.8, 4) is 0 Å². The first kappa shape index (κ1) is 25.3. The zero-order valence-electron chi connectivity index (χ0n) is 22.4. The van der Waals surface area contributed by atoms with Crippen molar-refractivity contribution in [1.29, 1.82) is 5.41 Å². The van der Waals surface area contributed by atoms with Crippen molar-refractivity contribution < 1.29 is 14.6 Å². The Morgan fingerprint density at radius 1 is 1.08 bits per heavy atom. The van der Waals surface area contributed by atoms with Crippen LogP contribution in [0.3, 0.4) is 0 Å². The van der Waals surface area contributed by atoms with Crippen molar-refractivity contribution in [2.45, 2.75) is 96.3 Å². The summed E-state index contributed by atoms with van der Waals surface area (Å²) >= 11 is 0. The fraction of sp³-hybridized carbons (Fsp3) is 0.741. The van der Waals surface area contributed by atoms with Gasteiger partial charge in [-0.3, -0.25) is 10.7 Å². The van der Waals surface area contributed by atoms with E-state index in [2.05, 4.69) is 38.9 Å². The maximum absolute atomic E-state index is 11.3. The number of nitrogens with zero attached hydrogens (tertiary/aromatic N) is 5. The molecule has 0 aromatic carbocycles. The number of imidazole rings is 1. The summed E-state index contributed by atoms with van der Waals surface area (Å²) in [5, 5.41) is 23.3. The summed E-state index contributed by atoms with van der Waals surface area (Å²) in [5.74, 6) is 3.16. The van der Waals surface area contributed by atoms with Crippen LogP contribution in [0.25, 0.3) is 11.2 Å². The number of hydrogen-bond donors (Lipinski definition) is 4. The molecule has 2 saturated carbocycles. The summed E-state index contributed by atoms with van der Waals surface area (Å²) in [6.07, 6.45) is 9.38. The molecule has 11 heteroatoms. The summed E-state index contributed by atoms with van der Waals surface area (Å²) in [7, 11) is 0. The first-order valence-corrected chi connectivity index (χ1v) is 14.4. The maximum atomic E-state index is 11.3. The third kappa shape index (κ3) is 4.81. The fourth-order valence-corrected chi connectivity index (χ4v) is 6.77. The standard InChI is InChI=1S/C27H40N8O3/c1-15-6-8-17(9-7-15)12-34-21-23(29-16(2)18-4-3-5-18)31-25(22(28)30-27(36)37)32-24(21)33-26(34)35-19-10-11-20(35)14-38-13-19/h15-20H,3-14H2,1-2H3,(H2,28,30)(H,36,37)(H,29,31,32)/t15-,16-,17-,19?,20?/m1/s1. The molecule has 2 aromatic heterocycles. The molecule has 2 saturated heterocycles. The van der Waals surface area contributed by atoms with E-state index in [1.165, 1.54) is 44.9 Å².